The normalized spacial score (nSPS) is 15.8. The number of imidazole rings is 1. The smallest absolute Gasteiger partial charge is 0.227 e. The van der Waals surface area contributed by atoms with Gasteiger partial charge in [0.2, 0.25) is 5.91 Å². The number of pyridine rings is 1. The van der Waals surface area contributed by atoms with Gasteiger partial charge >= 0.3 is 0 Å². The van der Waals surface area contributed by atoms with Crippen molar-refractivity contribution in [2.75, 3.05) is 5.32 Å². The molecule has 1 aliphatic rings. The van der Waals surface area contributed by atoms with Gasteiger partial charge in [-0.2, -0.15) is 0 Å². The van der Waals surface area contributed by atoms with Crippen molar-refractivity contribution in [1.82, 2.24) is 9.38 Å². The summed E-state index contributed by atoms with van der Waals surface area (Å²) in [6, 6.07) is 3.77. The first-order chi connectivity index (χ1) is 8.24. The molecule has 4 nitrogen and oxygen atoms in total. The maximum absolute atomic E-state index is 11.8. The summed E-state index contributed by atoms with van der Waals surface area (Å²) in [5.74, 6) is 0.337. The van der Waals surface area contributed by atoms with E-state index in [9.17, 15) is 4.79 Å². The molecule has 1 N–H and O–H groups in total. The molecule has 1 fully saturated rings. The molecule has 2 heterocycles. The van der Waals surface area contributed by atoms with E-state index in [1.54, 1.807) is 6.20 Å². The number of nitrogens with zero attached hydrogens (tertiary/aromatic N) is 2. The van der Waals surface area contributed by atoms with Crippen molar-refractivity contribution in [2.45, 2.75) is 19.3 Å². The van der Waals surface area contributed by atoms with Crippen LogP contribution in [0.25, 0.3) is 5.65 Å². The van der Waals surface area contributed by atoms with Crippen molar-refractivity contribution in [2.24, 2.45) is 5.92 Å². The molecule has 5 heteroatoms. The number of anilines is 1. The summed E-state index contributed by atoms with van der Waals surface area (Å²) in [6.45, 7) is 0. The number of rotatable bonds is 2. The second-order valence-corrected chi connectivity index (χ2v) is 5.16. The van der Waals surface area contributed by atoms with Gasteiger partial charge in [0.05, 0.1) is 11.9 Å². The van der Waals surface area contributed by atoms with Gasteiger partial charge in [-0.15, -0.1) is 0 Å². The van der Waals surface area contributed by atoms with Crippen LogP contribution in [-0.4, -0.2) is 15.3 Å². The van der Waals surface area contributed by atoms with E-state index >= 15 is 0 Å². The third kappa shape index (κ3) is 1.95. The lowest BCUT2D eigenvalue weighted by molar-refractivity contribution is -0.122. The van der Waals surface area contributed by atoms with Crippen LogP contribution < -0.4 is 5.32 Å². The van der Waals surface area contributed by atoms with Crippen LogP contribution in [-0.2, 0) is 4.79 Å². The highest BCUT2D eigenvalue weighted by molar-refractivity contribution is 9.10. The average molecular weight is 294 g/mol. The van der Waals surface area contributed by atoms with Gasteiger partial charge in [-0.1, -0.05) is 6.42 Å². The Hall–Kier alpha value is -1.36. The van der Waals surface area contributed by atoms with Gasteiger partial charge in [0, 0.05) is 12.1 Å². The Morgan fingerprint density at radius 3 is 3.00 bits per heavy atom. The summed E-state index contributed by atoms with van der Waals surface area (Å²) in [6.07, 6.45) is 6.83. The molecule has 0 aromatic carbocycles. The van der Waals surface area contributed by atoms with Gasteiger partial charge in [-0.25, -0.2) is 4.98 Å². The molecule has 2 aromatic heterocycles. The number of carbonyl (C=O) groups is 1. The number of aromatic nitrogens is 2. The van der Waals surface area contributed by atoms with E-state index in [-0.39, 0.29) is 11.8 Å². The fourth-order valence-corrected chi connectivity index (χ4v) is 2.33. The maximum Gasteiger partial charge on any atom is 0.227 e. The minimum atomic E-state index is 0.131. The van der Waals surface area contributed by atoms with Crippen LogP contribution in [0.4, 0.5) is 5.69 Å². The highest BCUT2D eigenvalue weighted by Gasteiger charge is 2.25. The van der Waals surface area contributed by atoms with Crippen LogP contribution in [0.1, 0.15) is 19.3 Å². The first-order valence-electron chi connectivity index (χ1n) is 5.67. The second-order valence-electron chi connectivity index (χ2n) is 4.34. The fraction of sp³-hybridized carbons (Fsp3) is 0.333. The molecule has 2 aromatic rings. The molecule has 0 spiro atoms. The van der Waals surface area contributed by atoms with Gasteiger partial charge in [-0.05, 0) is 40.9 Å². The Kier molecular flexibility index (Phi) is 2.63. The molecule has 17 heavy (non-hydrogen) atoms. The van der Waals surface area contributed by atoms with Gasteiger partial charge in [0.25, 0.3) is 0 Å². The molecule has 0 saturated heterocycles. The van der Waals surface area contributed by atoms with Crippen LogP contribution >= 0.6 is 15.9 Å². The quantitative estimate of drug-likeness (QED) is 0.925. The standard InChI is InChI=1S/C12H12BrN3O/c13-10-6-14-11-5-4-9(7-16(10)11)15-12(17)8-2-1-3-8/h4-8H,1-3H2,(H,15,17). The molecule has 1 amide bonds. The molecular formula is C12H12BrN3O. The Balaban J connectivity index is 1.84. The fourth-order valence-electron chi connectivity index (χ4n) is 1.94. The number of halogens is 1. The number of hydrogen-bond donors (Lipinski definition) is 1. The van der Waals surface area contributed by atoms with Crippen LogP contribution in [0, 0.1) is 5.92 Å². The molecule has 1 aliphatic carbocycles. The predicted molar refractivity (Wildman–Crippen MR) is 68.9 cm³/mol. The minimum Gasteiger partial charge on any atom is -0.325 e. The Morgan fingerprint density at radius 1 is 1.47 bits per heavy atom. The van der Waals surface area contributed by atoms with Gasteiger partial charge in [-0.3, -0.25) is 9.20 Å². The minimum absolute atomic E-state index is 0.131. The van der Waals surface area contributed by atoms with Crippen LogP contribution in [0.5, 0.6) is 0 Å². The van der Waals surface area contributed by atoms with E-state index in [4.69, 9.17) is 0 Å². The number of carbonyl (C=O) groups excluding carboxylic acids is 1. The second kappa shape index (κ2) is 4.14. The maximum atomic E-state index is 11.8. The Labute approximate surface area is 107 Å². The van der Waals surface area contributed by atoms with Gasteiger partial charge < -0.3 is 5.32 Å². The summed E-state index contributed by atoms with van der Waals surface area (Å²) in [5.41, 5.74) is 1.67. The summed E-state index contributed by atoms with van der Waals surface area (Å²) >= 11 is 3.41. The van der Waals surface area contributed by atoms with Crippen molar-refractivity contribution < 1.29 is 4.79 Å². The zero-order valence-corrected chi connectivity index (χ0v) is 10.8. The van der Waals surface area contributed by atoms with Crippen molar-refractivity contribution in [3.05, 3.63) is 29.1 Å². The van der Waals surface area contributed by atoms with E-state index in [1.165, 1.54) is 6.42 Å². The highest BCUT2D eigenvalue weighted by atomic mass is 79.9. The molecule has 0 atom stereocenters. The molecule has 3 rings (SSSR count). The first-order valence-corrected chi connectivity index (χ1v) is 6.47. The average Bonchev–Trinajstić information content (AvgIpc) is 2.58. The van der Waals surface area contributed by atoms with Crippen molar-refractivity contribution >= 4 is 33.2 Å². The summed E-state index contributed by atoms with van der Waals surface area (Å²) in [7, 11) is 0. The molecular weight excluding hydrogens is 282 g/mol. The Bertz CT molecular complexity index is 574. The molecule has 0 unspecified atom stereocenters. The number of nitrogens with one attached hydrogen (secondary N) is 1. The number of fused-ring (bicyclic) bond motifs is 1. The summed E-state index contributed by atoms with van der Waals surface area (Å²) in [5, 5.41) is 2.94. The summed E-state index contributed by atoms with van der Waals surface area (Å²) in [4.78, 5) is 16.0. The molecule has 1 saturated carbocycles. The van der Waals surface area contributed by atoms with Crippen LogP contribution in [0.2, 0.25) is 0 Å². The topological polar surface area (TPSA) is 46.4 Å². The van der Waals surface area contributed by atoms with E-state index in [2.05, 4.69) is 26.2 Å². The Morgan fingerprint density at radius 2 is 2.29 bits per heavy atom. The largest absolute Gasteiger partial charge is 0.325 e. The van der Waals surface area contributed by atoms with Gasteiger partial charge in [0.15, 0.2) is 0 Å². The van der Waals surface area contributed by atoms with Crippen molar-refractivity contribution in [1.29, 1.82) is 0 Å². The lowest BCUT2D eigenvalue weighted by Gasteiger charge is -2.24. The van der Waals surface area contributed by atoms with Crippen LogP contribution in [0.3, 0.4) is 0 Å². The van der Waals surface area contributed by atoms with Crippen molar-refractivity contribution in [3.63, 3.8) is 0 Å². The highest BCUT2D eigenvalue weighted by Crippen LogP contribution is 2.27. The van der Waals surface area contributed by atoms with Crippen LogP contribution in [0.15, 0.2) is 29.1 Å². The molecule has 0 bridgehead atoms. The van der Waals surface area contributed by atoms with Gasteiger partial charge in [0.1, 0.15) is 10.3 Å². The zero-order valence-electron chi connectivity index (χ0n) is 9.19. The summed E-state index contributed by atoms with van der Waals surface area (Å²) < 4.78 is 2.78. The van der Waals surface area contributed by atoms with E-state index in [0.717, 1.165) is 28.8 Å². The third-order valence-electron chi connectivity index (χ3n) is 3.20. The third-order valence-corrected chi connectivity index (χ3v) is 3.79. The van der Waals surface area contributed by atoms with Crippen molar-refractivity contribution in [3.8, 4) is 0 Å². The van der Waals surface area contributed by atoms with E-state index in [1.807, 2.05) is 22.7 Å². The molecule has 0 aliphatic heterocycles. The first kappa shape index (κ1) is 10.8. The molecule has 88 valence electrons. The predicted octanol–water partition coefficient (Wildman–Crippen LogP) is 2.84. The zero-order chi connectivity index (χ0) is 11.8. The van der Waals surface area contributed by atoms with E-state index < -0.39 is 0 Å². The molecule has 0 radical (unpaired) electrons. The monoisotopic (exact) mass is 293 g/mol. The number of amides is 1. The lowest BCUT2D eigenvalue weighted by atomic mass is 9.85. The SMILES string of the molecule is O=C(Nc1ccc2ncc(Br)n2c1)C1CCC1. The van der Waals surface area contributed by atoms with E-state index in [0.29, 0.717) is 0 Å². The lowest BCUT2D eigenvalue weighted by Crippen LogP contribution is -2.28. The number of hydrogen-bond acceptors (Lipinski definition) is 2.